The zero-order chi connectivity index (χ0) is 26.7. The Labute approximate surface area is 225 Å². The Kier molecular flexibility index (Phi) is 7.41. The van der Waals surface area contributed by atoms with Crippen molar-refractivity contribution >= 4 is 22.6 Å². The Hall–Kier alpha value is -3.80. The number of carbonyl (C=O) groups is 1. The summed E-state index contributed by atoms with van der Waals surface area (Å²) in [5.41, 5.74) is 9.88. The van der Waals surface area contributed by atoms with E-state index in [1.807, 2.05) is 44.0 Å². The number of ether oxygens (including phenoxy) is 1. The van der Waals surface area contributed by atoms with Crippen LogP contribution in [0.15, 0.2) is 73.1 Å². The molecular weight excluding hydrogens is 472 g/mol. The van der Waals surface area contributed by atoms with Gasteiger partial charge in [-0.05, 0) is 92.5 Å². The maximum Gasteiger partial charge on any atom is 0.410 e. The molecule has 1 aliphatic rings. The van der Waals surface area contributed by atoms with Gasteiger partial charge in [0.15, 0.2) is 0 Å². The molecule has 0 spiro atoms. The number of fused-ring (bicyclic) bond motifs is 1. The molecule has 1 saturated heterocycles. The molecule has 4 aromatic rings. The van der Waals surface area contributed by atoms with Gasteiger partial charge in [0.1, 0.15) is 11.4 Å². The molecule has 3 aromatic carbocycles. The minimum atomic E-state index is -0.456. The van der Waals surface area contributed by atoms with E-state index in [1.165, 1.54) is 27.5 Å². The van der Waals surface area contributed by atoms with Crippen LogP contribution in [0.25, 0.3) is 22.2 Å². The maximum atomic E-state index is 12.4. The number of anilines is 1. The van der Waals surface area contributed by atoms with Gasteiger partial charge in [0.25, 0.3) is 0 Å². The predicted octanol–water partition coefficient (Wildman–Crippen LogP) is 6.91. The molecule has 38 heavy (non-hydrogen) atoms. The van der Waals surface area contributed by atoms with Crippen LogP contribution in [0.2, 0.25) is 0 Å². The molecule has 198 valence electrons. The number of piperidine rings is 1. The number of amides is 1. The second kappa shape index (κ2) is 10.9. The molecule has 2 N–H and O–H groups in total. The van der Waals surface area contributed by atoms with Gasteiger partial charge in [0.2, 0.25) is 0 Å². The smallest absolute Gasteiger partial charge is 0.410 e. The summed E-state index contributed by atoms with van der Waals surface area (Å²) in [4.78, 5) is 19.1. The van der Waals surface area contributed by atoms with E-state index in [9.17, 15) is 4.79 Å². The fourth-order valence-electron chi connectivity index (χ4n) is 5.32. The zero-order valence-corrected chi connectivity index (χ0v) is 22.7. The van der Waals surface area contributed by atoms with E-state index < -0.39 is 5.60 Å². The van der Waals surface area contributed by atoms with Gasteiger partial charge in [-0.15, -0.1) is 0 Å². The van der Waals surface area contributed by atoms with E-state index in [0.717, 1.165) is 56.8 Å². The summed E-state index contributed by atoms with van der Waals surface area (Å²) in [6.07, 6.45) is 7.71. The van der Waals surface area contributed by atoms with Crippen LogP contribution < -0.4 is 5.73 Å². The second-order valence-electron chi connectivity index (χ2n) is 11.4. The van der Waals surface area contributed by atoms with Gasteiger partial charge < -0.3 is 19.9 Å². The number of nitrogens with zero attached hydrogens (tertiary/aromatic N) is 3. The molecule has 0 unspecified atom stereocenters. The van der Waals surface area contributed by atoms with Crippen LogP contribution in [0.5, 0.6) is 0 Å². The van der Waals surface area contributed by atoms with Crippen LogP contribution in [-0.4, -0.2) is 39.2 Å². The van der Waals surface area contributed by atoms with Crippen molar-refractivity contribution < 1.29 is 9.53 Å². The highest BCUT2D eigenvalue weighted by atomic mass is 16.6. The molecule has 0 aliphatic carbocycles. The first-order chi connectivity index (χ1) is 18.2. The van der Waals surface area contributed by atoms with E-state index in [0.29, 0.717) is 5.92 Å². The number of nitrogen functional groups attached to an aromatic ring is 1. The Bertz CT molecular complexity index is 1390. The van der Waals surface area contributed by atoms with E-state index in [1.54, 1.807) is 0 Å². The quantitative estimate of drug-likeness (QED) is 0.286. The van der Waals surface area contributed by atoms with Crippen molar-refractivity contribution in [3.8, 4) is 11.4 Å². The summed E-state index contributed by atoms with van der Waals surface area (Å²) in [6, 6.07) is 21.2. The molecule has 5 rings (SSSR count). The van der Waals surface area contributed by atoms with Crippen molar-refractivity contribution in [3.63, 3.8) is 0 Å². The van der Waals surface area contributed by atoms with Crippen molar-refractivity contribution in [1.29, 1.82) is 0 Å². The van der Waals surface area contributed by atoms with E-state index in [2.05, 4.69) is 59.3 Å². The number of aromatic nitrogens is 2. The molecule has 0 saturated carbocycles. The number of hydrogen-bond acceptors (Lipinski definition) is 4. The summed E-state index contributed by atoms with van der Waals surface area (Å²) >= 11 is 0. The van der Waals surface area contributed by atoms with Crippen molar-refractivity contribution in [2.75, 3.05) is 18.8 Å². The first-order valence-corrected chi connectivity index (χ1v) is 13.6. The average Bonchev–Trinajstić information content (AvgIpc) is 3.36. The Morgan fingerprint density at radius 1 is 1.03 bits per heavy atom. The van der Waals surface area contributed by atoms with Crippen LogP contribution in [0.3, 0.4) is 0 Å². The van der Waals surface area contributed by atoms with Gasteiger partial charge in [-0.3, -0.25) is 0 Å². The summed E-state index contributed by atoms with van der Waals surface area (Å²) in [7, 11) is 0. The number of imidazole rings is 1. The predicted molar refractivity (Wildman–Crippen MR) is 154 cm³/mol. The number of carbonyl (C=O) groups excluding carboxylic acids is 1. The fraction of sp³-hybridized carbons (Fsp3) is 0.375. The standard InChI is InChI=1S/C32H38N4O2/c1-32(2,3)38-31(37)36-17-13-23(14-18-36)12-16-35-19-15-34-30(35)29-22-25(20-24-8-10-27(33)11-9-24)21-26-6-4-5-7-28(26)29/h4-11,15,19,21-23H,12-14,16-18,20,33H2,1-3H3. The number of rotatable bonds is 6. The first-order valence-electron chi connectivity index (χ1n) is 13.6. The van der Waals surface area contributed by atoms with Crippen molar-refractivity contribution in [1.82, 2.24) is 14.5 Å². The summed E-state index contributed by atoms with van der Waals surface area (Å²) in [5, 5.41) is 2.44. The highest BCUT2D eigenvalue weighted by molar-refractivity contribution is 5.96. The third kappa shape index (κ3) is 6.18. The third-order valence-corrected chi connectivity index (χ3v) is 7.31. The van der Waals surface area contributed by atoms with E-state index in [-0.39, 0.29) is 6.09 Å². The Balaban J connectivity index is 1.30. The molecule has 1 amide bonds. The second-order valence-corrected chi connectivity index (χ2v) is 11.4. The monoisotopic (exact) mass is 510 g/mol. The van der Waals surface area contributed by atoms with Crippen LogP contribution in [-0.2, 0) is 17.7 Å². The lowest BCUT2D eigenvalue weighted by Crippen LogP contribution is -2.41. The van der Waals surface area contributed by atoms with E-state index in [4.69, 9.17) is 15.5 Å². The van der Waals surface area contributed by atoms with Crippen molar-refractivity contribution in [3.05, 3.63) is 84.2 Å². The van der Waals surface area contributed by atoms with Gasteiger partial charge in [0.05, 0.1) is 0 Å². The number of likely N-dealkylation sites (tertiary alicyclic amines) is 1. The minimum Gasteiger partial charge on any atom is -0.444 e. The maximum absolute atomic E-state index is 12.4. The largest absolute Gasteiger partial charge is 0.444 e. The van der Waals surface area contributed by atoms with Crippen LogP contribution in [0, 0.1) is 5.92 Å². The summed E-state index contributed by atoms with van der Waals surface area (Å²) in [5.74, 6) is 1.59. The summed E-state index contributed by atoms with van der Waals surface area (Å²) < 4.78 is 7.84. The Morgan fingerprint density at radius 2 is 1.76 bits per heavy atom. The van der Waals surface area contributed by atoms with Crippen LogP contribution >= 0.6 is 0 Å². The van der Waals surface area contributed by atoms with Crippen molar-refractivity contribution in [2.45, 2.75) is 58.6 Å². The SMILES string of the molecule is CC(C)(C)OC(=O)N1CCC(CCn2ccnc2-c2cc(Cc3ccc(N)cc3)cc3ccccc23)CC1. The van der Waals surface area contributed by atoms with Gasteiger partial charge in [-0.1, -0.05) is 42.5 Å². The highest BCUT2D eigenvalue weighted by Gasteiger charge is 2.27. The molecular formula is C32H38N4O2. The number of hydrogen-bond donors (Lipinski definition) is 1. The molecule has 0 radical (unpaired) electrons. The fourth-order valence-corrected chi connectivity index (χ4v) is 5.32. The topological polar surface area (TPSA) is 73.4 Å². The van der Waals surface area contributed by atoms with Crippen LogP contribution in [0.1, 0.15) is 51.2 Å². The molecule has 1 aliphatic heterocycles. The third-order valence-electron chi connectivity index (χ3n) is 7.31. The first kappa shape index (κ1) is 25.8. The molecule has 0 atom stereocenters. The lowest BCUT2D eigenvalue weighted by Gasteiger charge is -2.33. The van der Waals surface area contributed by atoms with E-state index >= 15 is 0 Å². The Morgan fingerprint density at radius 3 is 2.50 bits per heavy atom. The summed E-state index contributed by atoms with van der Waals surface area (Å²) in [6.45, 7) is 8.16. The van der Waals surface area contributed by atoms with Gasteiger partial charge in [0, 0.05) is 43.3 Å². The lowest BCUT2D eigenvalue weighted by atomic mass is 9.93. The number of nitrogens with two attached hydrogens (primary N) is 1. The molecule has 1 aromatic heterocycles. The lowest BCUT2D eigenvalue weighted by molar-refractivity contribution is 0.0180. The van der Waals surface area contributed by atoms with Gasteiger partial charge in [-0.2, -0.15) is 0 Å². The minimum absolute atomic E-state index is 0.196. The van der Waals surface area contributed by atoms with Gasteiger partial charge >= 0.3 is 6.09 Å². The van der Waals surface area contributed by atoms with Crippen molar-refractivity contribution in [2.24, 2.45) is 5.92 Å². The average molecular weight is 511 g/mol. The molecule has 1 fully saturated rings. The molecule has 0 bridgehead atoms. The number of aryl methyl sites for hydroxylation is 1. The highest BCUT2D eigenvalue weighted by Crippen LogP contribution is 2.31. The zero-order valence-electron chi connectivity index (χ0n) is 22.7. The normalized spacial score (nSPS) is 14.7. The molecule has 6 nitrogen and oxygen atoms in total. The molecule has 6 heteroatoms. The van der Waals surface area contributed by atoms with Gasteiger partial charge in [-0.25, -0.2) is 9.78 Å². The number of benzene rings is 3. The van der Waals surface area contributed by atoms with Crippen LogP contribution in [0.4, 0.5) is 10.5 Å². The molecule has 2 heterocycles.